The molecule has 1 aromatic carbocycles. The molecule has 0 radical (unpaired) electrons. The standard InChI is InChI=1S/C10H9BrO/c1-2-3-5-8-9(11)6-4-7-10(8)12/h1,4,6-7,12H,3,5H2. The van der Waals surface area contributed by atoms with Gasteiger partial charge in [-0.1, -0.05) is 22.0 Å². The molecule has 0 heterocycles. The van der Waals surface area contributed by atoms with Crippen LogP contribution in [0.5, 0.6) is 5.75 Å². The van der Waals surface area contributed by atoms with Crippen LogP contribution in [0.2, 0.25) is 0 Å². The first-order valence-electron chi connectivity index (χ1n) is 3.65. The highest BCUT2D eigenvalue weighted by atomic mass is 79.9. The van der Waals surface area contributed by atoms with Gasteiger partial charge in [-0.15, -0.1) is 12.3 Å². The van der Waals surface area contributed by atoms with Gasteiger partial charge in [-0.3, -0.25) is 0 Å². The smallest absolute Gasteiger partial charge is 0.119 e. The van der Waals surface area contributed by atoms with E-state index in [4.69, 9.17) is 6.42 Å². The molecule has 0 saturated heterocycles. The molecule has 0 aliphatic heterocycles. The second-order valence-electron chi connectivity index (χ2n) is 2.44. The van der Waals surface area contributed by atoms with E-state index in [9.17, 15) is 5.11 Å². The largest absolute Gasteiger partial charge is 0.508 e. The van der Waals surface area contributed by atoms with Crippen molar-refractivity contribution < 1.29 is 5.11 Å². The highest BCUT2D eigenvalue weighted by Crippen LogP contribution is 2.26. The van der Waals surface area contributed by atoms with Gasteiger partial charge in [0.05, 0.1) is 0 Å². The Labute approximate surface area is 80.6 Å². The molecule has 0 amide bonds. The molecule has 0 fully saturated rings. The van der Waals surface area contributed by atoms with Gasteiger partial charge < -0.3 is 5.11 Å². The van der Waals surface area contributed by atoms with Crippen LogP contribution >= 0.6 is 15.9 Å². The fraction of sp³-hybridized carbons (Fsp3) is 0.200. The van der Waals surface area contributed by atoms with E-state index < -0.39 is 0 Å². The van der Waals surface area contributed by atoms with Crippen molar-refractivity contribution in [3.05, 3.63) is 28.2 Å². The lowest BCUT2D eigenvalue weighted by molar-refractivity contribution is 0.467. The fourth-order valence-electron chi connectivity index (χ4n) is 0.992. The van der Waals surface area contributed by atoms with Crippen LogP contribution in [0.3, 0.4) is 0 Å². The minimum absolute atomic E-state index is 0.305. The zero-order valence-corrected chi connectivity index (χ0v) is 8.13. The summed E-state index contributed by atoms with van der Waals surface area (Å²) in [6.07, 6.45) is 6.49. The first-order valence-corrected chi connectivity index (χ1v) is 4.45. The molecular formula is C10H9BrO. The zero-order chi connectivity index (χ0) is 8.97. The van der Waals surface area contributed by atoms with Crippen molar-refractivity contribution in [3.8, 4) is 18.1 Å². The normalized spacial score (nSPS) is 9.33. The molecule has 0 aromatic heterocycles. The molecule has 62 valence electrons. The number of terminal acetylenes is 1. The van der Waals surface area contributed by atoms with Crippen molar-refractivity contribution in [2.24, 2.45) is 0 Å². The molecular weight excluding hydrogens is 216 g/mol. The monoisotopic (exact) mass is 224 g/mol. The third-order valence-electron chi connectivity index (χ3n) is 1.61. The minimum atomic E-state index is 0.305. The number of halogens is 1. The molecule has 0 aliphatic carbocycles. The summed E-state index contributed by atoms with van der Waals surface area (Å²) in [5.41, 5.74) is 0.885. The van der Waals surface area contributed by atoms with Gasteiger partial charge in [0.25, 0.3) is 0 Å². The molecule has 0 spiro atoms. The van der Waals surface area contributed by atoms with E-state index in [1.807, 2.05) is 6.07 Å². The maximum Gasteiger partial charge on any atom is 0.119 e. The molecule has 12 heavy (non-hydrogen) atoms. The van der Waals surface area contributed by atoms with Crippen molar-refractivity contribution in [3.63, 3.8) is 0 Å². The molecule has 0 saturated carbocycles. The van der Waals surface area contributed by atoms with E-state index in [1.165, 1.54) is 0 Å². The molecule has 1 nitrogen and oxygen atoms in total. The van der Waals surface area contributed by atoms with E-state index in [-0.39, 0.29) is 0 Å². The predicted molar refractivity (Wildman–Crippen MR) is 53.0 cm³/mol. The average Bonchev–Trinajstić information content (AvgIpc) is 2.04. The Morgan fingerprint density at radius 3 is 2.83 bits per heavy atom. The third-order valence-corrected chi connectivity index (χ3v) is 2.36. The highest BCUT2D eigenvalue weighted by Gasteiger charge is 2.03. The molecule has 1 N–H and O–H groups in total. The summed E-state index contributed by atoms with van der Waals surface area (Å²) in [6.45, 7) is 0. The van der Waals surface area contributed by atoms with Crippen LogP contribution in [0.25, 0.3) is 0 Å². The summed E-state index contributed by atoms with van der Waals surface area (Å²) >= 11 is 3.35. The van der Waals surface area contributed by atoms with E-state index in [1.54, 1.807) is 12.1 Å². The first kappa shape index (κ1) is 9.15. The molecule has 0 atom stereocenters. The molecule has 0 aliphatic rings. The van der Waals surface area contributed by atoms with Crippen LogP contribution in [-0.2, 0) is 6.42 Å². The number of aromatic hydroxyl groups is 1. The Morgan fingerprint density at radius 1 is 1.50 bits per heavy atom. The number of phenols is 1. The summed E-state index contributed by atoms with van der Waals surface area (Å²) in [4.78, 5) is 0. The Balaban J connectivity index is 2.90. The Kier molecular flexibility index (Phi) is 3.19. The van der Waals surface area contributed by atoms with Gasteiger partial charge in [0.1, 0.15) is 5.75 Å². The number of hydrogen-bond donors (Lipinski definition) is 1. The molecule has 1 aromatic rings. The molecule has 2 heteroatoms. The van der Waals surface area contributed by atoms with Crippen molar-refractivity contribution in [1.82, 2.24) is 0 Å². The third kappa shape index (κ3) is 2.02. The van der Waals surface area contributed by atoms with Crippen molar-refractivity contribution in [1.29, 1.82) is 0 Å². The van der Waals surface area contributed by atoms with Gasteiger partial charge >= 0.3 is 0 Å². The van der Waals surface area contributed by atoms with Gasteiger partial charge in [0, 0.05) is 16.5 Å². The van der Waals surface area contributed by atoms with Crippen molar-refractivity contribution >= 4 is 15.9 Å². The second-order valence-corrected chi connectivity index (χ2v) is 3.30. The van der Waals surface area contributed by atoms with Crippen LogP contribution in [0.1, 0.15) is 12.0 Å². The van der Waals surface area contributed by atoms with Crippen LogP contribution in [0.4, 0.5) is 0 Å². The Morgan fingerprint density at radius 2 is 2.25 bits per heavy atom. The average molecular weight is 225 g/mol. The Bertz CT molecular complexity index is 292. The van der Waals surface area contributed by atoms with Gasteiger partial charge in [-0.2, -0.15) is 0 Å². The highest BCUT2D eigenvalue weighted by molar-refractivity contribution is 9.10. The van der Waals surface area contributed by atoms with Crippen molar-refractivity contribution in [2.45, 2.75) is 12.8 Å². The van der Waals surface area contributed by atoms with Crippen LogP contribution < -0.4 is 0 Å². The number of rotatable bonds is 2. The lowest BCUT2D eigenvalue weighted by atomic mass is 10.1. The topological polar surface area (TPSA) is 20.2 Å². The first-order chi connectivity index (χ1) is 5.75. The number of hydrogen-bond acceptors (Lipinski definition) is 1. The fourth-order valence-corrected chi connectivity index (χ4v) is 1.55. The predicted octanol–water partition coefficient (Wildman–Crippen LogP) is 2.72. The SMILES string of the molecule is C#CCCc1c(O)cccc1Br. The van der Waals surface area contributed by atoms with E-state index in [0.29, 0.717) is 18.6 Å². The molecule has 1 rings (SSSR count). The maximum atomic E-state index is 9.42. The summed E-state index contributed by atoms with van der Waals surface area (Å²) in [7, 11) is 0. The zero-order valence-electron chi connectivity index (χ0n) is 6.55. The maximum absolute atomic E-state index is 9.42. The van der Waals surface area contributed by atoms with Gasteiger partial charge in [0.2, 0.25) is 0 Å². The minimum Gasteiger partial charge on any atom is -0.508 e. The summed E-state index contributed by atoms with van der Waals surface area (Å²) in [6, 6.07) is 5.35. The van der Waals surface area contributed by atoms with Crippen LogP contribution in [0, 0.1) is 12.3 Å². The Hall–Kier alpha value is -0.940. The van der Waals surface area contributed by atoms with E-state index in [0.717, 1.165) is 10.0 Å². The van der Waals surface area contributed by atoms with E-state index in [2.05, 4.69) is 21.9 Å². The van der Waals surface area contributed by atoms with Gasteiger partial charge in [0.15, 0.2) is 0 Å². The van der Waals surface area contributed by atoms with Gasteiger partial charge in [-0.25, -0.2) is 0 Å². The quantitative estimate of drug-likeness (QED) is 0.767. The lowest BCUT2D eigenvalue weighted by Gasteiger charge is -2.03. The van der Waals surface area contributed by atoms with Crippen LogP contribution in [0.15, 0.2) is 22.7 Å². The van der Waals surface area contributed by atoms with Crippen molar-refractivity contribution in [2.75, 3.05) is 0 Å². The van der Waals surface area contributed by atoms with Gasteiger partial charge in [-0.05, 0) is 18.6 Å². The number of benzene rings is 1. The summed E-state index contributed by atoms with van der Waals surface area (Å²) in [5.74, 6) is 2.84. The molecule has 0 unspecified atom stereocenters. The van der Waals surface area contributed by atoms with E-state index >= 15 is 0 Å². The van der Waals surface area contributed by atoms with Crippen LogP contribution in [-0.4, -0.2) is 5.11 Å². The summed E-state index contributed by atoms with van der Waals surface area (Å²) < 4.78 is 0.915. The lowest BCUT2D eigenvalue weighted by Crippen LogP contribution is -1.86. The number of phenolic OH excluding ortho intramolecular Hbond substituents is 1. The molecule has 0 bridgehead atoms. The second kappa shape index (κ2) is 4.18. The summed E-state index contributed by atoms with van der Waals surface area (Å²) in [5, 5.41) is 9.42.